The molecule has 1 spiro atoms. The molecule has 0 aromatic heterocycles. The summed E-state index contributed by atoms with van der Waals surface area (Å²) < 4.78 is -0.755. The van der Waals surface area contributed by atoms with Crippen LogP contribution in [0.1, 0.15) is 46.5 Å². The molecule has 6 atom stereocenters. The van der Waals surface area contributed by atoms with Crippen LogP contribution in [0.2, 0.25) is 0 Å². The molecule has 2 fully saturated rings. The summed E-state index contributed by atoms with van der Waals surface area (Å²) in [6, 6.07) is -0.563. The predicted octanol–water partition coefficient (Wildman–Crippen LogP) is 2.06. The van der Waals surface area contributed by atoms with Gasteiger partial charge in [0.05, 0.1) is 16.6 Å². The quantitative estimate of drug-likeness (QED) is 0.544. The Hall–Kier alpha value is -1.80. The molecule has 4 heterocycles. The van der Waals surface area contributed by atoms with Crippen LogP contribution < -0.4 is 0 Å². The minimum atomic E-state index is -0.755. The largest absolute Gasteiger partial charge is 0.396 e. The lowest BCUT2D eigenvalue weighted by atomic mass is 9.78. The third-order valence-corrected chi connectivity index (χ3v) is 9.31. The second-order valence-electron chi connectivity index (χ2n) is 9.69. The fourth-order valence-electron chi connectivity index (χ4n) is 6.13. The highest BCUT2D eigenvalue weighted by molar-refractivity contribution is 8.02. The summed E-state index contributed by atoms with van der Waals surface area (Å²) in [7, 11) is 0. The van der Waals surface area contributed by atoms with Gasteiger partial charge in [-0.15, -0.1) is 11.8 Å². The van der Waals surface area contributed by atoms with Crippen LogP contribution in [-0.2, 0) is 14.4 Å². The normalized spacial score (nSPS) is 34.3. The molecule has 33 heavy (non-hydrogen) atoms. The molecule has 7 nitrogen and oxygen atoms in total. The Morgan fingerprint density at radius 3 is 2.58 bits per heavy atom. The Morgan fingerprint density at radius 1 is 1.09 bits per heavy atom. The standard InChI is InChI=1S/C25H37N3O4S/c1-4-9-17(3)27-14-7-11-25-20(23(31)28(15-8-16-29)21(25)24(27)32)19-18(33-25)10-6-13-26(12-5-2)22(19)30/h6-7,10-11,17-21,29H,4-5,8-9,12-16H2,1-3H3/t17?,18-,19+,20-,21?,25-/m0/s1. The summed E-state index contributed by atoms with van der Waals surface area (Å²) in [6.07, 6.45) is 11.4. The zero-order chi connectivity index (χ0) is 23.8. The number of carbonyl (C=O) groups is 3. The molecule has 182 valence electrons. The third-order valence-electron chi connectivity index (χ3n) is 7.56. The minimum Gasteiger partial charge on any atom is -0.396 e. The first kappa shape index (κ1) is 24.3. The molecule has 8 heteroatoms. The summed E-state index contributed by atoms with van der Waals surface area (Å²) in [5.74, 6) is -1.14. The number of amides is 3. The van der Waals surface area contributed by atoms with Crippen LogP contribution in [0.25, 0.3) is 0 Å². The van der Waals surface area contributed by atoms with E-state index in [-0.39, 0.29) is 35.6 Å². The van der Waals surface area contributed by atoms with E-state index < -0.39 is 22.6 Å². The van der Waals surface area contributed by atoms with E-state index in [0.29, 0.717) is 32.6 Å². The van der Waals surface area contributed by atoms with Crippen molar-refractivity contribution in [3.05, 3.63) is 24.3 Å². The molecule has 2 unspecified atom stereocenters. The second-order valence-corrected chi connectivity index (χ2v) is 11.2. The van der Waals surface area contributed by atoms with Crippen LogP contribution in [0.4, 0.5) is 0 Å². The van der Waals surface area contributed by atoms with Gasteiger partial charge in [-0.3, -0.25) is 14.4 Å². The first-order chi connectivity index (χ1) is 15.9. The van der Waals surface area contributed by atoms with Gasteiger partial charge >= 0.3 is 0 Å². The third kappa shape index (κ3) is 3.93. The van der Waals surface area contributed by atoms with E-state index in [9.17, 15) is 19.5 Å². The molecular formula is C25H37N3O4S. The lowest BCUT2D eigenvalue weighted by molar-refractivity contribution is -0.145. The maximum Gasteiger partial charge on any atom is 0.247 e. The SMILES string of the molecule is CCCC(C)N1CC=C[C@]23S[C@H]4C=CCN(CCC)C(=O)[C@H]4[C@H]2C(=O)N(CCCO)C3C1=O. The maximum atomic E-state index is 14.0. The van der Waals surface area contributed by atoms with Gasteiger partial charge in [0, 0.05) is 44.1 Å². The van der Waals surface area contributed by atoms with Crippen molar-refractivity contribution in [3.8, 4) is 0 Å². The summed E-state index contributed by atoms with van der Waals surface area (Å²) in [5, 5.41) is 9.36. The molecule has 0 aromatic rings. The minimum absolute atomic E-state index is 0.0265. The number of rotatable bonds is 8. The lowest BCUT2D eigenvalue weighted by Gasteiger charge is -2.37. The Kier molecular flexibility index (Phi) is 7.24. The Morgan fingerprint density at radius 2 is 1.88 bits per heavy atom. The van der Waals surface area contributed by atoms with Crippen LogP contribution in [0.3, 0.4) is 0 Å². The van der Waals surface area contributed by atoms with Crippen LogP contribution >= 0.6 is 11.8 Å². The summed E-state index contributed by atoms with van der Waals surface area (Å²) in [5.41, 5.74) is 0. The van der Waals surface area contributed by atoms with Crippen molar-refractivity contribution in [2.24, 2.45) is 11.8 Å². The monoisotopic (exact) mass is 475 g/mol. The van der Waals surface area contributed by atoms with Gasteiger partial charge in [-0.05, 0) is 26.2 Å². The highest BCUT2D eigenvalue weighted by Gasteiger charge is 2.70. The van der Waals surface area contributed by atoms with Gasteiger partial charge in [0.15, 0.2) is 0 Å². The topological polar surface area (TPSA) is 81.2 Å². The Bertz CT molecular complexity index is 846. The average Bonchev–Trinajstić information content (AvgIpc) is 3.10. The van der Waals surface area contributed by atoms with E-state index in [1.165, 1.54) is 0 Å². The van der Waals surface area contributed by atoms with Gasteiger partial charge in [-0.1, -0.05) is 44.6 Å². The van der Waals surface area contributed by atoms with Crippen molar-refractivity contribution in [1.82, 2.24) is 14.7 Å². The van der Waals surface area contributed by atoms with Crippen molar-refractivity contribution in [2.75, 3.05) is 32.8 Å². The first-order valence-corrected chi connectivity index (χ1v) is 13.3. The number of fused-ring (bicyclic) bond motifs is 2. The van der Waals surface area contributed by atoms with E-state index in [2.05, 4.69) is 32.9 Å². The average molecular weight is 476 g/mol. The summed E-state index contributed by atoms with van der Waals surface area (Å²) >= 11 is 1.63. The molecule has 3 amide bonds. The van der Waals surface area contributed by atoms with Gasteiger partial charge < -0.3 is 19.8 Å². The van der Waals surface area contributed by atoms with Crippen molar-refractivity contribution < 1.29 is 19.5 Å². The van der Waals surface area contributed by atoms with Gasteiger partial charge in [0.1, 0.15) is 6.04 Å². The molecule has 2 saturated heterocycles. The van der Waals surface area contributed by atoms with Crippen LogP contribution in [0.15, 0.2) is 24.3 Å². The molecule has 0 bridgehead atoms. The number of aliphatic hydroxyl groups excluding tert-OH is 1. The van der Waals surface area contributed by atoms with Crippen molar-refractivity contribution in [1.29, 1.82) is 0 Å². The Labute approximate surface area is 201 Å². The van der Waals surface area contributed by atoms with Crippen LogP contribution in [0.5, 0.6) is 0 Å². The zero-order valence-electron chi connectivity index (χ0n) is 20.0. The van der Waals surface area contributed by atoms with Gasteiger partial charge in [-0.2, -0.15) is 0 Å². The fraction of sp³-hybridized carbons (Fsp3) is 0.720. The molecule has 4 rings (SSSR count). The molecule has 4 aliphatic heterocycles. The van der Waals surface area contributed by atoms with Gasteiger partial charge in [0.25, 0.3) is 0 Å². The van der Waals surface area contributed by atoms with Crippen LogP contribution in [-0.4, -0.2) is 92.4 Å². The molecule has 0 aromatic carbocycles. The highest BCUT2D eigenvalue weighted by atomic mass is 32.2. The molecular weight excluding hydrogens is 438 g/mol. The van der Waals surface area contributed by atoms with E-state index in [4.69, 9.17) is 0 Å². The number of likely N-dealkylation sites (tertiary alicyclic amines) is 1. The van der Waals surface area contributed by atoms with Gasteiger partial charge in [-0.25, -0.2) is 0 Å². The zero-order valence-corrected chi connectivity index (χ0v) is 20.8. The van der Waals surface area contributed by atoms with Crippen LogP contribution in [0, 0.1) is 11.8 Å². The molecule has 0 radical (unpaired) electrons. The van der Waals surface area contributed by atoms with E-state index in [1.807, 2.05) is 22.0 Å². The van der Waals surface area contributed by atoms with Crippen molar-refractivity contribution in [2.45, 2.75) is 68.5 Å². The first-order valence-electron chi connectivity index (χ1n) is 12.4. The smallest absolute Gasteiger partial charge is 0.247 e. The van der Waals surface area contributed by atoms with Gasteiger partial charge in [0.2, 0.25) is 17.7 Å². The second kappa shape index (κ2) is 9.82. The number of thioether (sulfide) groups is 1. The van der Waals surface area contributed by atoms with E-state index in [0.717, 1.165) is 19.3 Å². The number of hydrogen-bond donors (Lipinski definition) is 1. The van der Waals surface area contributed by atoms with Crippen molar-refractivity contribution >= 4 is 29.5 Å². The van der Waals surface area contributed by atoms with E-state index in [1.54, 1.807) is 16.7 Å². The molecule has 0 saturated carbocycles. The number of nitrogens with zero attached hydrogens (tertiary/aromatic N) is 3. The highest BCUT2D eigenvalue weighted by Crippen LogP contribution is 2.61. The lowest BCUT2D eigenvalue weighted by Crippen LogP contribution is -2.55. The number of aliphatic hydroxyl groups is 1. The number of hydrogen-bond acceptors (Lipinski definition) is 5. The summed E-state index contributed by atoms with van der Waals surface area (Å²) in [6.45, 7) is 8.28. The molecule has 4 aliphatic rings. The van der Waals surface area contributed by atoms with E-state index >= 15 is 0 Å². The number of carbonyl (C=O) groups excluding carboxylic acids is 3. The summed E-state index contributed by atoms with van der Waals surface area (Å²) in [4.78, 5) is 47.1. The maximum absolute atomic E-state index is 14.0. The fourth-order valence-corrected chi connectivity index (χ4v) is 8.14. The molecule has 0 aliphatic carbocycles. The predicted molar refractivity (Wildman–Crippen MR) is 130 cm³/mol. The van der Waals surface area contributed by atoms with Crippen molar-refractivity contribution in [3.63, 3.8) is 0 Å². The molecule has 1 N–H and O–H groups in total. The Balaban J connectivity index is 1.77.